The summed E-state index contributed by atoms with van der Waals surface area (Å²) in [5, 5.41) is 0. The van der Waals surface area contributed by atoms with E-state index in [1.165, 1.54) is 66.2 Å². The lowest BCUT2D eigenvalue weighted by Crippen LogP contribution is -2.32. The van der Waals surface area contributed by atoms with Crippen LogP contribution in [0.4, 0.5) is 0 Å². The summed E-state index contributed by atoms with van der Waals surface area (Å²) >= 11 is 0. The van der Waals surface area contributed by atoms with Crippen LogP contribution in [-0.2, 0) is 14.8 Å². The molecule has 2 fully saturated rings. The van der Waals surface area contributed by atoms with Crippen LogP contribution in [0.5, 0.6) is 0 Å². The minimum atomic E-state index is -3.67. The Bertz CT molecular complexity index is 1100. The summed E-state index contributed by atoms with van der Waals surface area (Å²) < 4.78 is 32.8. The van der Waals surface area contributed by atoms with E-state index in [2.05, 4.69) is 0 Å². The molecular formula is C27H33NO5S. The van der Waals surface area contributed by atoms with E-state index in [0.717, 1.165) is 25.7 Å². The number of carbonyl (C=O) groups excluding carboxylic acids is 2. The maximum absolute atomic E-state index is 13.0. The van der Waals surface area contributed by atoms with Gasteiger partial charge in [0.15, 0.2) is 12.4 Å². The van der Waals surface area contributed by atoms with Crippen molar-refractivity contribution in [2.24, 2.45) is 0 Å². The molecule has 0 bridgehead atoms. The smallest absolute Gasteiger partial charge is 0.338 e. The number of Topliss-reactive ketones (excluding diaryl/α,β-unsaturated/α-hetero) is 1. The average molecular weight is 484 g/mol. The van der Waals surface area contributed by atoms with Crippen molar-refractivity contribution >= 4 is 21.8 Å². The summed E-state index contributed by atoms with van der Waals surface area (Å²) in [7, 11) is -3.67. The van der Waals surface area contributed by atoms with Crippen molar-refractivity contribution < 1.29 is 22.7 Å². The molecule has 1 heterocycles. The van der Waals surface area contributed by atoms with Gasteiger partial charge in [-0.1, -0.05) is 62.4 Å². The van der Waals surface area contributed by atoms with Gasteiger partial charge in [0.1, 0.15) is 0 Å². The number of sulfonamides is 1. The molecular weight excluding hydrogens is 450 g/mol. The van der Waals surface area contributed by atoms with Gasteiger partial charge in [0.05, 0.1) is 10.5 Å². The molecule has 1 saturated carbocycles. The van der Waals surface area contributed by atoms with Gasteiger partial charge in [-0.05, 0) is 55.4 Å². The summed E-state index contributed by atoms with van der Waals surface area (Å²) in [5.41, 5.74) is 1.89. The van der Waals surface area contributed by atoms with Crippen LogP contribution in [0.2, 0.25) is 0 Å². The Kier molecular flexibility index (Phi) is 8.16. The van der Waals surface area contributed by atoms with Crippen molar-refractivity contribution in [1.29, 1.82) is 0 Å². The van der Waals surface area contributed by atoms with Crippen LogP contribution in [0, 0.1) is 0 Å². The first-order valence-electron chi connectivity index (χ1n) is 12.4. The van der Waals surface area contributed by atoms with Crippen LogP contribution in [0.25, 0.3) is 0 Å². The molecule has 2 aliphatic rings. The molecule has 6 nitrogen and oxygen atoms in total. The predicted molar refractivity (Wildman–Crippen MR) is 131 cm³/mol. The second kappa shape index (κ2) is 11.3. The van der Waals surface area contributed by atoms with Crippen LogP contribution in [0.1, 0.15) is 90.0 Å². The van der Waals surface area contributed by atoms with E-state index in [1.807, 2.05) is 12.1 Å². The average Bonchev–Trinajstić information content (AvgIpc) is 3.18. The third-order valence-electron chi connectivity index (χ3n) is 6.92. The van der Waals surface area contributed by atoms with Gasteiger partial charge in [0, 0.05) is 18.7 Å². The summed E-state index contributed by atoms with van der Waals surface area (Å²) in [4.78, 5) is 25.2. The molecule has 4 rings (SSSR count). The number of hydrogen-bond acceptors (Lipinski definition) is 5. The lowest BCUT2D eigenvalue weighted by Gasteiger charge is -2.22. The monoisotopic (exact) mass is 483 g/mol. The predicted octanol–water partition coefficient (Wildman–Crippen LogP) is 5.34. The van der Waals surface area contributed by atoms with Gasteiger partial charge < -0.3 is 4.74 Å². The second-order valence-corrected chi connectivity index (χ2v) is 11.2. The molecule has 2 aromatic rings. The SMILES string of the molecule is O=C(COC(=O)c1cccc(S(=O)(=O)N2CCCCCC2)c1)c1ccc(C2CCCCC2)cc1. The molecule has 0 amide bonds. The molecule has 1 aliphatic carbocycles. The van der Waals surface area contributed by atoms with Gasteiger partial charge in [-0.3, -0.25) is 4.79 Å². The highest BCUT2D eigenvalue weighted by Crippen LogP contribution is 2.32. The Morgan fingerprint density at radius 2 is 1.47 bits per heavy atom. The lowest BCUT2D eigenvalue weighted by atomic mass is 9.84. The van der Waals surface area contributed by atoms with Crippen molar-refractivity contribution in [3.8, 4) is 0 Å². The number of hydrogen-bond donors (Lipinski definition) is 0. The standard InChI is InChI=1S/C27H33NO5S/c29-26(23-15-13-22(14-16-23)21-9-4-3-5-10-21)20-33-27(30)24-11-8-12-25(19-24)34(31,32)28-17-6-1-2-7-18-28/h8,11-16,19,21H,1-7,9-10,17-18,20H2. The molecule has 1 aliphatic heterocycles. The lowest BCUT2D eigenvalue weighted by molar-refractivity contribution is 0.0474. The van der Waals surface area contributed by atoms with Gasteiger partial charge >= 0.3 is 5.97 Å². The third-order valence-corrected chi connectivity index (χ3v) is 8.81. The minimum absolute atomic E-state index is 0.0773. The van der Waals surface area contributed by atoms with E-state index in [4.69, 9.17) is 4.74 Å². The minimum Gasteiger partial charge on any atom is -0.454 e. The topological polar surface area (TPSA) is 80.8 Å². The van der Waals surface area contributed by atoms with Gasteiger partial charge in [0.2, 0.25) is 10.0 Å². The molecule has 0 aromatic heterocycles. The molecule has 2 aromatic carbocycles. The number of rotatable bonds is 7. The zero-order valence-electron chi connectivity index (χ0n) is 19.6. The van der Waals surface area contributed by atoms with Gasteiger partial charge in [-0.15, -0.1) is 0 Å². The molecule has 0 radical (unpaired) electrons. The zero-order valence-corrected chi connectivity index (χ0v) is 20.4. The number of carbonyl (C=O) groups is 2. The second-order valence-electron chi connectivity index (χ2n) is 9.30. The summed E-state index contributed by atoms with van der Waals surface area (Å²) in [5.74, 6) is -0.425. The first kappa shape index (κ1) is 24.6. The number of ether oxygens (including phenoxy) is 1. The molecule has 1 saturated heterocycles. The van der Waals surface area contributed by atoms with Crippen molar-refractivity contribution in [3.05, 3.63) is 65.2 Å². The van der Waals surface area contributed by atoms with Crippen LogP contribution in [0.15, 0.2) is 53.4 Å². The fourth-order valence-electron chi connectivity index (χ4n) is 4.89. The Balaban J connectivity index is 1.37. The maximum Gasteiger partial charge on any atom is 0.338 e. The highest BCUT2D eigenvalue weighted by Gasteiger charge is 2.26. The number of benzene rings is 2. The largest absolute Gasteiger partial charge is 0.454 e. The molecule has 7 heteroatoms. The van der Waals surface area contributed by atoms with Gasteiger partial charge in [0.25, 0.3) is 0 Å². The van der Waals surface area contributed by atoms with Crippen LogP contribution >= 0.6 is 0 Å². The Morgan fingerprint density at radius 1 is 0.824 bits per heavy atom. The van der Waals surface area contributed by atoms with Crippen LogP contribution < -0.4 is 0 Å². The Hall–Kier alpha value is -2.51. The molecule has 34 heavy (non-hydrogen) atoms. The van der Waals surface area contributed by atoms with Crippen molar-refractivity contribution in [1.82, 2.24) is 4.31 Å². The Labute approximate surface area is 202 Å². The zero-order chi connectivity index (χ0) is 24.0. The normalized spacial score (nSPS) is 18.2. The van der Waals surface area contributed by atoms with E-state index < -0.39 is 16.0 Å². The first-order chi connectivity index (χ1) is 16.4. The van der Waals surface area contributed by atoms with Crippen LogP contribution in [0.3, 0.4) is 0 Å². The summed E-state index contributed by atoms with van der Waals surface area (Å²) in [6, 6.07) is 13.5. The van der Waals surface area contributed by atoms with Crippen LogP contribution in [-0.4, -0.2) is 44.2 Å². The van der Waals surface area contributed by atoms with E-state index in [1.54, 1.807) is 12.1 Å². The third kappa shape index (κ3) is 5.94. The number of esters is 1. The molecule has 0 atom stereocenters. The van der Waals surface area contributed by atoms with Gasteiger partial charge in [-0.25, -0.2) is 13.2 Å². The molecule has 182 valence electrons. The molecule has 0 N–H and O–H groups in total. The summed E-state index contributed by atoms with van der Waals surface area (Å²) in [6.07, 6.45) is 9.91. The number of ketones is 1. The quantitative estimate of drug-likeness (QED) is 0.392. The van der Waals surface area contributed by atoms with E-state index in [-0.39, 0.29) is 22.8 Å². The fraction of sp³-hybridized carbons (Fsp3) is 0.481. The van der Waals surface area contributed by atoms with E-state index >= 15 is 0 Å². The Morgan fingerprint density at radius 3 is 2.15 bits per heavy atom. The van der Waals surface area contributed by atoms with Crippen molar-refractivity contribution in [3.63, 3.8) is 0 Å². The first-order valence-corrected chi connectivity index (χ1v) is 13.8. The molecule has 0 spiro atoms. The number of nitrogens with zero attached hydrogens (tertiary/aromatic N) is 1. The van der Waals surface area contributed by atoms with Gasteiger partial charge in [-0.2, -0.15) is 4.31 Å². The van der Waals surface area contributed by atoms with Crippen molar-refractivity contribution in [2.75, 3.05) is 19.7 Å². The van der Waals surface area contributed by atoms with E-state index in [9.17, 15) is 18.0 Å². The highest BCUT2D eigenvalue weighted by molar-refractivity contribution is 7.89. The summed E-state index contributed by atoms with van der Waals surface area (Å²) in [6.45, 7) is 0.598. The van der Waals surface area contributed by atoms with E-state index in [0.29, 0.717) is 24.6 Å². The van der Waals surface area contributed by atoms with Crippen molar-refractivity contribution in [2.45, 2.75) is 68.6 Å². The molecule has 0 unspecified atom stereocenters. The highest BCUT2D eigenvalue weighted by atomic mass is 32.2. The fourth-order valence-corrected chi connectivity index (χ4v) is 6.45. The maximum atomic E-state index is 13.0.